The summed E-state index contributed by atoms with van der Waals surface area (Å²) in [5, 5.41) is 3.85. The van der Waals surface area contributed by atoms with E-state index in [0.717, 1.165) is 54.4 Å². The van der Waals surface area contributed by atoms with Crippen LogP contribution < -0.4 is 15.8 Å². The maximum atomic E-state index is 12.7. The summed E-state index contributed by atoms with van der Waals surface area (Å²) in [4.78, 5) is 30.2. The van der Waals surface area contributed by atoms with E-state index in [1.54, 1.807) is 29.6 Å². The summed E-state index contributed by atoms with van der Waals surface area (Å²) in [5.41, 5.74) is 6.16. The number of H-pyrrole nitrogens is 1. The molecule has 4 aromatic rings. The van der Waals surface area contributed by atoms with Crippen LogP contribution in [0.5, 0.6) is 0 Å². The average molecular weight is 612 g/mol. The number of benzene rings is 2. The van der Waals surface area contributed by atoms with Gasteiger partial charge < -0.3 is 24.8 Å². The quantitative estimate of drug-likeness (QED) is 0.207. The van der Waals surface area contributed by atoms with Crippen molar-refractivity contribution in [1.82, 2.24) is 14.9 Å². The average Bonchev–Trinajstić information content (AvgIpc) is 3.43. The Labute approximate surface area is 261 Å². The number of aromatic nitrogens is 2. The first-order valence-electron chi connectivity index (χ1n) is 15.1. The van der Waals surface area contributed by atoms with Gasteiger partial charge in [-0.15, -0.1) is 0 Å². The van der Waals surface area contributed by atoms with E-state index in [2.05, 4.69) is 88.7 Å². The number of morpholine rings is 1. The van der Waals surface area contributed by atoms with Crippen LogP contribution in [0.15, 0.2) is 91.2 Å². The lowest BCUT2D eigenvalue weighted by Crippen LogP contribution is -2.36. The van der Waals surface area contributed by atoms with E-state index in [9.17, 15) is 4.79 Å². The SMILES string of the molecule is Cc1ccc(C(CC2CCCN2C)Nc2ccc3c(c2)Sc2cccc(-c4cc(N5CCOCC5)cc(=O)[nH]4)c2S3)nc1. The third-order valence-corrected chi connectivity index (χ3v) is 11.3. The molecule has 0 saturated carbocycles. The number of aromatic amines is 1. The number of aryl methyl sites for hydroxylation is 1. The van der Waals surface area contributed by atoms with Gasteiger partial charge in [-0.05, 0) is 81.7 Å². The van der Waals surface area contributed by atoms with E-state index in [1.807, 2.05) is 6.20 Å². The van der Waals surface area contributed by atoms with Crippen molar-refractivity contribution >= 4 is 34.9 Å². The minimum Gasteiger partial charge on any atom is -0.378 e. The highest BCUT2D eigenvalue weighted by atomic mass is 32.2. The molecule has 0 radical (unpaired) electrons. The second-order valence-corrected chi connectivity index (χ2v) is 13.8. The molecule has 0 amide bonds. The van der Waals surface area contributed by atoms with E-state index in [-0.39, 0.29) is 11.6 Å². The van der Waals surface area contributed by atoms with Gasteiger partial charge >= 0.3 is 0 Å². The molecule has 222 valence electrons. The predicted octanol–water partition coefficient (Wildman–Crippen LogP) is 6.84. The molecule has 43 heavy (non-hydrogen) atoms. The van der Waals surface area contributed by atoms with Crippen LogP contribution in [-0.4, -0.2) is 60.8 Å². The first-order chi connectivity index (χ1) is 21.0. The van der Waals surface area contributed by atoms with Crippen molar-refractivity contribution in [3.63, 3.8) is 0 Å². The van der Waals surface area contributed by atoms with Crippen molar-refractivity contribution in [2.24, 2.45) is 0 Å². The number of fused-ring (bicyclic) bond motifs is 2. The number of ether oxygens (including phenoxy) is 1. The fraction of sp³-hybridized carbons (Fsp3) is 0.353. The topological polar surface area (TPSA) is 73.5 Å². The van der Waals surface area contributed by atoms with Gasteiger partial charge in [0.05, 0.1) is 30.6 Å². The Morgan fingerprint density at radius 1 is 1.02 bits per heavy atom. The molecule has 7 nitrogen and oxygen atoms in total. The van der Waals surface area contributed by atoms with Crippen LogP contribution in [0.4, 0.5) is 11.4 Å². The Morgan fingerprint density at radius 2 is 1.91 bits per heavy atom. The third-order valence-electron chi connectivity index (χ3n) is 8.66. The molecule has 5 heterocycles. The van der Waals surface area contributed by atoms with E-state index < -0.39 is 0 Å². The largest absolute Gasteiger partial charge is 0.378 e. The van der Waals surface area contributed by atoms with Crippen molar-refractivity contribution in [3.8, 4) is 11.3 Å². The Hall–Kier alpha value is -3.24. The van der Waals surface area contributed by atoms with Gasteiger partial charge in [0.2, 0.25) is 5.56 Å². The van der Waals surface area contributed by atoms with Crippen LogP contribution >= 0.6 is 23.5 Å². The van der Waals surface area contributed by atoms with Crippen LogP contribution in [0.3, 0.4) is 0 Å². The molecule has 2 aromatic heterocycles. The number of hydrogen-bond donors (Lipinski definition) is 2. The van der Waals surface area contributed by atoms with Gasteiger partial charge in [-0.1, -0.05) is 41.7 Å². The summed E-state index contributed by atoms with van der Waals surface area (Å²) in [7, 11) is 2.24. The molecular weight excluding hydrogens is 575 g/mol. The molecule has 2 unspecified atom stereocenters. The van der Waals surface area contributed by atoms with E-state index >= 15 is 0 Å². The Balaban J connectivity index is 1.15. The first kappa shape index (κ1) is 28.5. The summed E-state index contributed by atoms with van der Waals surface area (Å²) in [6.07, 6.45) is 5.49. The molecule has 9 heteroatoms. The van der Waals surface area contributed by atoms with Crippen molar-refractivity contribution in [2.75, 3.05) is 50.1 Å². The molecule has 2 N–H and O–H groups in total. The van der Waals surface area contributed by atoms with Crippen molar-refractivity contribution < 1.29 is 4.74 Å². The van der Waals surface area contributed by atoms with Gasteiger partial charge in [0.1, 0.15) is 0 Å². The molecule has 0 aliphatic carbocycles. The normalized spacial score (nSPS) is 19.1. The number of nitrogens with one attached hydrogen (secondary N) is 2. The van der Waals surface area contributed by atoms with Crippen LogP contribution in [0.2, 0.25) is 0 Å². The molecule has 2 saturated heterocycles. The molecule has 0 bridgehead atoms. The number of pyridine rings is 2. The Bertz CT molecular complexity index is 1670. The van der Waals surface area contributed by atoms with Crippen molar-refractivity contribution in [2.45, 2.75) is 57.9 Å². The van der Waals surface area contributed by atoms with Crippen molar-refractivity contribution in [3.05, 3.63) is 88.5 Å². The zero-order valence-corrected chi connectivity index (χ0v) is 26.3. The van der Waals surface area contributed by atoms with Gasteiger partial charge in [-0.25, -0.2) is 0 Å². The highest BCUT2D eigenvalue weighted by Crippen LogP contribution is 2.52. The third kappa shape index (κ3) is 6.22. The lowest BCUT2D eigenvalue weighted by Gasteiger charge is -2.29. The van der Waals surface area contributed by atoms with E-state index in [4.69, 9.17) is 9.72 Å². The van der Waals surface area contributed by atoms with Gasteiger partial charge in [-0.2, -0.15) is 0 Å². The molecule has 7 rings (SSSR count). The maximum Gasteiger partial charge on any atom is 0.250 e. The second kappa shape index (κ2) is 12.4. The van der Waals surface area contributed by atoms with Gasteiger partial charge in [0.25, 0.3) is 0 Å². The van der Waals surface area contributed by atoms with E-state index in [0.29, 0.717) is 19.3 Å². The number of hydrogen-bond acceptors (Lipinski definition) is 8. The summed E-state index contributed by atoms with van der Waals surface area (Å²) in [6.45, 7) is 6.21. The number of rotatable bonds is 7. The standard InChI is InChI=1S/C34H37N5O2S2/c1-22-8-10-27(35-21-22)29(18-24-5-4-12-38(24)2)36-23-9-11-30-32(17-23)42-31-7-3-6-26(34(31)43-30)28-19-25(20-33(40)37-28)39-13-15-41-16-14-39/h3,6-11,17,19-21,24,29,36H,4-5,12-16,18H2,1-2H3,(H,37,40). The van der Waals surface area contributed by atoms with E-state index in [1.165, 1.54) is 38.0 Å². The lowest BCUT2D eigenvalue weighted by molar-refractivity contribution is 0.122. The fourth-order valence-corrected chi connectivity index (χ4v) is 8.68. The van der Waals surface area contributed by atoms with Gasteiger partial charge in [-0.3, -0.25) is 9.78 Å². The zero-order valence-electron chi connectivity index (χ0n) is 24.6. The van der Waals surface area contributed by atoms with Crippen LogP contribution in [0.25, 0.3) is 11.3 Å². The Kier molecular flexibility index (Phi) is 8.23. The molecule has 3 aliphatic heterocycles. The minimum atomic E-state index is -0.0809. The van der Waals surface area contributed by atoms with Crippen LogP contribution in [0, 0.1) is 6.92 Å². The second-order valence-electron chi connectivity index (χ2n) is 11.7. The van der Waals surface area contributed by atoms with Crippen molar-refractivity contribution in [1.29, 1.82) is 0 Å². The number of nitrogens with zero attached hydrogens (tertiary/aromatic N) is 3. The highest BCUT2D eigenvalue weighted by Gasteiger charge is 2.27. The van der Waals surface area contributed by atoms with Crippen LogP contribution in [0.1, 0.15) is 36.6 Å². The maximum absolute atomic E-state index is 12.7. The molecule has 2 atom stereocenters. The Morgan fingerprint density at radius 3 is 2.70 bits per heavy atom. The molecule has 3 aliphatic rings. The summed E-state index contributed by atoms with van der Waals surface area (Å²) in [6, 6.07) is 21.9. The number of anilines is 2. The van der Waals surface area contributed by atoms with Crippen LogP contribution in [-0.2, 0) is 4.74 Å². The molecular formula is C34H37N5O2S2. The van der Waals surface area contributed by atoms with Gasteiger partial charge in [0.15, 0.2) is 0 Å². The summed E-state index contributed by atoms with van der Waals surface area (Å²) < 4.78 is 5.52. The monoisotopic (exact) mass is 611 g/mol. The van der Waals surface area contributed by atoms with Gasteiger partial charge in [0, 0.05) is 67.9 Å². The fourth-order valence-electron chi connectivity index (χ4n) is 6.27. The minimum absolute atomic E-state index is 0.0809. The smallest absolute Gasteiger partial charge is 0.250 e. The molecule has 2 aromatic carbocycles. The predicted molar refractivity (Wildman–Crippen MR) is 176 cm³/mol. The zero-order chi connectivity index (χ0) is 29.3. The highest BCUT2D eigenvalue weighted by molar-refractivity contribution is 8.05. The first-order valence-corrected chi connectivity index (χ1v) is 16.7. The molecule has 0 spiro atoms. The lowest BCUT2D eigenvalue weighted by atomic mass is 10.0. The molecule has 2 fully saturated rings. The summed E-state index contributed by atoms with van der Waals surface area (Å²) in [5.74, 6) is 0. The number of likely N-dealkylation sites (tertiary alicyclic amines) is 1. The summed E-state index contributed by atoms with van der Waals surface area (Å²) >= 11 is 3.58.